The lowest BCUT2D eigenvalue weighted by molar-refractivity contribution is 0.631. The molecule has 0 unspecified atom stereocenters. The normalized spacial score (nSPS) is 11.1. The summed E-state index contributed by atoms with van der Waals surface area (Å²) >= 11 is 6.02. The van der Waals surface area contributed by atoms with E-state index in [2.05, 4.69) is 6.07 Å². The van der Waals surface area contributed by atoms with E-state index < -0.39 is 0 Å². The average Bonchev–Trinajstić information content (AvgIpc) is 3.11. The number of hydrogen-bond donors (Lipinski definition) is 0. The summed E-state index contributed by atoms with van der Waals surface area (Å²) in [5.41, 5.74) is 4.36. The molecule has 0 aliphatic rings. The molecular formula is C23H14ClNO. The molecule has 4 aromatic rings. The van der Waals surface area contributed by atoms with Gasteiger partial charge in [-0.1, -0.05) is 66.2 Å². The highest BCUT2D eigenvalue weighted by Crippen LogP contribution is 2.28. The third kappa shape index (κ3) is 3.26. The van der Waals surface area contributed by atoms with Gasteiger partial charge in [-0.3, -0.25) is 0 Å². The van der Waals surface area contributed by atoms with Crippen LogP contribution < -0.4 is 0 Å². The van der Waals surface area contributed by atoms with Crippen LogP contribution in [0.1, 0.15) is 16.7 Å². The highest BCUT2D eigenvalue weighted by molar-refractivity contribution is 6.30. The summed E-state index contributed by atoms with van der Waals surface area (Å²) in [6, 6.07) is 25.5. The standard InChI is InChI=1S/C23H14ClNO/c24-21-12-11-20(15-25)18(13-21)10-7-16-5-8-17(9-6-16)23-14-19-3-1-2-4-22(19)26-23/h1-14H/b10-7+. The molecule has 124 valence electrons. The van der Waals surface area contributed by atoms with E-state index in [0.29, 0.717) is 10.6 Å². The van der Waals surface area contributed by atoms with Crippen molar-refractivity contribution in [3.63, 3.8) is 0 Å². The first-order valence-corrected chi connectivity index (χ1v) is 8.57. The maximum atomic E-state index is 9.19. The van der Waals surface area contributed by atoms with Crippen molar-refractivity contribution >= 4 is 34.7 Å². The third-order valence-corrected chi connectivity index (χ3v) is 4.45. The van der Waals surface area contributed by atoms with E-state index in [4.69, 9.17) is 16.0 Å². The van der Waals surface area contributed by atoms with Gasteiger partial charge in [0.25, 0.3) is 0 Å². The molecule has 0 spiro atoms. The number of fused-ring (bicyclic) bond motifs is 1. The first kappa shape index (κ1) is 16.2. The minimum atomic E-state index is 0.601. The monoisotopic (exact) mass is 355 g/mol. The lowest BCUT2D eigenvalue weighted by atomic mass is 10.1. The zero-order chi connectivity index (χ0) is 17.9. The number of rotatable bonds is 3. The van der Waals surface area contributed by atoms with Crippen molar-refractivity contribution in [1.82, 2.24) is 0 Å². The summed E-state index contributed by atoms with van der Waals surface area (Å²) in [4.78, 5) is 0. The molecule has 0 N–H and O–H groups in total. The molecule has 0 fully saturated rings. The van der Waals surface area contributed by atoms with Gasteiger partial charge in [0.2, 0.25) is 0 Å². The molecule has 0 radical (unpaired) electrons. The number of hydrogen-bond acceptors (Lipinski definition) is 2. The molecule has 0 aliphatic carbocycles. The average molecular weight is 356 g/mol. The number of nitriles is 1. The van der Waals surface area contributed by atoms with E-state index in [0.717, 1.165) is 33.4 Å². The van der Waals surface area contributed by atoms with Crippen molar-refractivity contribution in [2.75, 3.05) is 0 Å². The minimum absolute atomic E-state index is 0.601. The summed E-state index contributed by atoms with van der Waals surface area (Å²) in [5.74, 6) is 0.850. The molecule has 0 saturated heterocycles. The fourth-order valence-electron chi connectivity index (χ4n) is 2.84. The Labute approximate surface area is 156 Å². The molecule has 0 atom stereocenters. The van der Waals surface area contributed by atoms with Crippen LogP contribution in [0, 0.1) is 11.3 Å². The molecule has 0 aliphatic heterocycles. The van der Waals surface area contributed by atoms with Crippen LogP contribution in [0.2, 0.25) is 5.02 Å². The second-order valence-corrected chi connectivity index (χ2v) is 6.38. The highest BCUT2D eigenvalue weighted by Gasteiger charge is 2.05. The molecule has 3 heteroatoms. The van der Waals surface area contributed by atoms with Gasteiger partial charge in [-0.05, 0) is 41.5 Å². The second kappa shape index (κ2) is 6.92. The van der Waals surface area contributed by atoms with E-state index in [9.17, 15) is 5.26 Å². The molecule has 0 saturated carbocycles. The van der Waals surface area contributed by atoms with Gasteiger partial charge in [-0.15, -0.1) is 0 Å². The smallest absolute Gasteiger partial charge is 0.135 e. The van der Waals surface area contributed by atoms with Gasteiger partial charge in [-0.2, -0.15) is 5.26 Å². The van der Waals surface area contributed by atoms with Crippen LogP contribution in [0.3, 0.4) is 0 Å². The largest absolute Gasteiger partial charge is 0.456 e. The molecular weight excluding hydrogens is 342 g/mol. The Kier molecular flexibility index (Phi) is 4.31. The summed E-state index contributed by atoms with van der Waals surface area (Å²) < 4.78 is 5.90. The Morgan fingerprint density at radius 1 is 0.885 bits per heavy atom. The topological polar surface area (TPSA) is 36.9 Å². The Balaban J connectivity index is 1.60. The summed E-state index contributed by atoms with van der Waals surface area (Å²) in [6.45, 7) is 0. The van der Waals surface area contributed by atoms with Gasteiger partial charge in [0.05, 0.1) is 11.6 Å². The Morgan fingerprint density at radius 3 is 2.46 bits per heavy atom. The molecule has 26 heavy (non-hydrogen) atoms. The molecule has 4 rings (SSSR count). The first-order chi connectivity index (χ1) is 12.7. The summed E-state index contributed by atoms with van der Waals surface area (Å²) in [6.07, 6.45) is 3.87. The minimum Gasteiger partial charge on any atom is -0.456 e. The number of furan rings is 1. The highest BCUT2D eigenvalue weighted by atomic mass is 35.5. The molecule has 0 bridgehead atoms. The van der Waals surface area contributed by atoms with E-state index in [-0.39, 0.29) is 0 Å². The quantitative estimate of drug-likeness (QED) is 0.379. The number of halogens is 1. The molecule has 3 aromatic carbocycles. The number of nitrogens with zero attached hydrogens (tertiary/aromatic N) is 1. The van der Waals surface area contributed by atoms with Crippen molar-refractivity contribution in [1.29, 1.82) is 5.26 Å². The van der Waals surface area contributed by atoms with Crippen LogP contribution in [-0.4, -0.2) is 0 Å². The van der Waals surface area contributed by atoms with E-state index in [1.54, 1.807) is 18.2 Å². The predicted molar refractivity (Wildman–Crippen MR) is 107 cm³/mol. The molecule has 0 amide bonds. The van der Waals surface area contributed by atoms with E-state index in [1.807, 2.05) is 66.7 Å². The van der Waals surface area contributed by atoms with Crippen molar-refractivity contribution in [2.24, 2.45) is 0 Å². The fourth-order valence-corrected chi connectivity index (χ4v) is 3.02. The number of benzene rings is 3. The van der Waals surface area contributed by atoms with Crippen LogP contribution >= 0.6 is 11.6 Å². The van der Waals surface area contributed by atoms with E-state index >= 15 is 0 Å². The third-order valence-electron chi connectivity index (χ3n) is 4.21. The van der Waals surface area contributed by atoms with Crippen LogP contribution in [0.5, 0.6) is 0 Å². The van der Waals surface area contributed by atoms with Crippen LogP contribution in [0.4, 0.5) is 0 Å². The van der Waals surface area contributed by atoms with E-state index in [1.165, 1.54) is 0 Å². The summed E-state index contributed by atoms with van der Waals surface area (Å²) in [7, 11) is 0. The van der Waals surface area contributed by atoms with Gasteiger partial charge in [0, 0.05) is 16.0 Å². The lowest BCUT2D eigenvalue weighted by Gasteiger charge is -2.00. The zero-order valence-corrected chi connectivity index (χ0v) is 14.6. The van der Waals surface area contributed by atoms with Gasteiger partial charge in [0.1, 0.15) is 11.3 Å². The first-order valence-electron chi connectivity index (χ1n) is 8.20. The Morgan fingerprint density at radius 2 is 1.69 bits per heavy atom. The molecule has 1 aromatic heterocycles. The number of para-hydroxylation sites is 1. The van der Waals surface area contributed by atoms with Gasteiger partial charge >= 0.3 is 0 Å². The summed E-state index contributed by atoms with van der Waals surface area (Å²) in [5, 5.41) is 10.9. The molecule has 2 nitrogen and oxygen atoms in total. The van der Waals surface area contributed by atoms with Crippen LogP contribution in [0.15, 0.2) is 77.2 Å². The van der Waals surface area contributed by atoms with Crippen LogP contribution in [0.25, 0.3) is 34.4 Å². The zero-order valence-electron chi connectivity index (χ0n) is 13.8. The maximum Gasteiger partial charge on any atom is 0.135 e. The Bertz CT molecular complexity index is 1110. The van der Waals surface area contributed by atoms with Crippen molar-refractivity contribution in [3.8, 4) is 17.4 Å². The second-order valence-electron chi connectivity index (χ2n) is 5.95. The van der Waals surface area contributed by atoms with Gasteiger partial charge in [-0.25, -0.2) is 0 Å². The van der Waals surface area contributed by atoms with Crippen molar-refractivity contribution in [2.45, 2.75) is 0 Å². The fraction of sp³-hybridized carbons (Fsp3) is 0. The van der Waals surface area contributed by atoms with Gasteiger partial charge in [0.15, 0.2) is 0 Å². The lowest BCUT2D eigenvalue weighted by Crippen LogP contribution is -1.81. The Hall–Kier alpha value is -3.28. The van der Waals surface area contributed by atoms with Crippen molar-refractivity contribution in [3.05, 3.63) is 94.5 Å². The SMILES string of the molecule is N#Cc1ccc(Cl)cc1/C=C/c1ccc(-c2cc3ccccc3o2)cc1. The predicted octanol–water partition coefficient (Wildman–Crippen LogP) is 6.80. The molecule has 1 heterocycles. The van der Waals surface area contributed by atoms with Crippen molar-refractivity contribution < 1.29 is 4.42 Å². The maximum absolute atomic E-state index is 9.19. The van der Waals surface area contributed by atoms with Crippen LogP contribution in [-0.2, 0) is 0 Å². The van der Waals surface area contributed by atoms with Gasteiger partial charge < -0.3 is 4.42 Å².